The third-order valence-corrected chi connectivity index (χ3v) is 5.01. The van der Waals surface area contributed by atoms with Crippen LogP contribution in [0.5, 0.6) is 5.75 Å². The molecule has 4 aromatic rings. The van der Waals surface area contributed by atoms with Crippen LogP contribution in [0.4, 0.5) is 17.1 Å². The molecule has 0 atom stereocenters. The summed E-state index contributed by atoms with van der Waals surface area (Å²) in [6.07, 6.45) is 1.89. The smallest absolute Gasteiger partial charge is 0.118 e. The van der Waals surface area contributed by atoms with Crippen molar-refractivity contribution in [1.82, 2.24) is 0 Å². The number of allylic oxidation sites excluding steroid dienone is 1. The molecule has 0 aliphatic heterocycles. The molecule has 0 aliphatic rings. The number of benzene rings is 4. The molecule has 0 N–H and O–H groups in total. The number of hydrogen-bond donors (Lipinski definition) is 0. The zero-order valence-corrected chi connectivity index (χ0v) is 17.3. The van der Waals surface area contributed by atoms with Gasteiger partial charge in [-0.3, -0.25) is 0 Å². The van der Waals surface area contributed by atoms with E-state index in [9.17, 15) is 5.26 Å². The van der Waals surface area contributed by atoms with Crippen molar-refractivity contribution in [2.75, 3.05) is 12.0 Å². The minimum Gasteiger partial charge on any atom is -0.497 e. The molecule has 0 radical (unpaired) electrons. The Morgan fingerprint density at radius 2 is 1.23 bits per heavy atom. The standard InChI is InChI=1S/C28H22N2O/c1-31-28-18-12-22(13-19-28)20-24(21-29)23-14-16-27(17-15-23)30(25-8-4-2-5-9-25)26-10-6-3-7-11-26/h2-20H,1H3/b24-20+. The largest absolute Gasteiger partial charge is 0.497 e. The molecule has 0 spiro atoms. The minimum absolute atomic E-state index is 0.614. The number of nitriles is 1. The molecule has 31 heavy (non-hydrogen) atoms. The van der Waals surface area contributed by atoms with E-state index < -0.39 is 0 Å². The van der Waals surface area contributed by atoms with Crippen LogP contribution in [0.1, 0.15) is 11.1 Å². The van der Waals surface area contributed by atoms with E-state index >= 15 is 0 Å². The van der Waals surface area contributed by atoms with Crippen molar-refractivity contribution in [1.29, 1.82) is 5.26 Å². The van der Waals surface area contributed by atoms with Gasteiger partial charge in [0.05, 0.1) is 18.8 Å². The molecule has 0 unspecified atom stereocenters. The van der Waals surface area contributed by atoms with Crippen LogP contribution in [0, 0.1) is 11.3 Å². The van der Waals surface area contributed by atoms with E-state index in [2.05, 4.69) is 47.4 Å². The zero-order chi connectivity index (χ0) is 21.5. The van der Waals surface area contributed by atoms with Crippen LogP contribution in [-0.4, -0.2) is 7.11 Å². The number of ether oxygens (including phenoxy) is 1. The highest BCUT2D eigenvalue weighted by Gasteiger charge is 2.12. The van der Waals surface area contributed by atoms with Crippen molar-refractivity contribution < 1.29 is 4.74 Å². The Balaban J connectivity index is 1.68. The molecule has 0 saturated heterocycles. The highest BCUT2D eigenvalue weighted by Crippen LogP contribution is 2.34. The van der Waals surface area contributed by atoms with E-state index in [1.807, 2.05) is 78.9 Å². The monoisotopic (exact) mass is 402 g/mol. The number of methoxy groups -OCH3 is 1. The number of rotatable bonds is 6. The molecule has 0 saturated carbocycles. The topological polar surface area (TPSA) is 36.3 Å². The first kappa shape index (κ1) is 20.0. The fourth-order valence-electron chi connectivity index (χ4n) is 3.44. The molecule has 4 rings (SSSR count). The van der Waals surface area contributed by atoms with Crippen LogP contribution in [0.15, 0.2) is 109 Å². The van der Waals surface area contributed by atoms with Crippen molar-refractivity contribution in [3.8, 4) is 11.8 Å². The maximum absolute atomic E-state index is 9.72. The minimum atomic E-state index is 0.614. The number of para-hydroxylation sites is 2. The van der Waals surface area contributed by atoms with Crippen LogP contribution in [0.3, 0.4) is 0 Å². The van der Waals surface area contributed by atoms with Gasteiger partial charge in [0, 0.05) is 17.1 Å². The summed E-state index contributed by atoms with van der Waals surface area (Å²) in [4.78, 5) is 2.20. The van der Waals surface area contributed by atoms with Crippen molar-refractivity contribution in [3.05, 3.63) is 120 Å². The second-order valence-corrected chi connectivity index (χ2v) is 7.00. The van der Waals surface area contributed by atoms with Gasteiger partial charge in [0.25, 0.3) is 0 Å². The van der Waals surface area contributed by atoms with Gasteiger partial charge in [-0.2, -0.15) is 5.26 Å². The maximum atomic E-state index is 9.72. The number of hydrogen-bond acceptors (Lipinski definition) is 3. The second kappa shape index (κ2) is 9.47. The third-order valence-electron chi connectivity index (χ3n) is 5.01. The average Bonchev–Trinajstić information content (AvgIpc) is 2.85. The lowest BCUT2D eigenvalue weighted by molar-refractivity contribution is 0.415. The van der Waals surface area contributed by atoms with Gasteiger partial charge in [-0.1, -0.05) is 60.7 Å². The van der Waals surface area contributed by atoms with Gasteiger partial charge in [-0.25, -0.2) is 0 Å². The van der Waals surface area contributed by atoms with E-state index in [-0.39, 0.29) is 0 Å². The van der Waals surface area contributed by atoms with Crippen molar-refractivity contribution in [2.45, 2.75) is 0 Å². The molecular weight excluding hydrogens is 380 g/mol. The van der Waals surface area contributed by atoms with Crippen LogP contribution in [0.2, 0.25) is 0 Å². The molecule has 3 nitrogen and oxygen atoms in total. The summed E-state index contributed by atoms with van der Waals surface area (Å²) in [7, 11) is 1.64. The van der Waals surface area contributed by atoms with E-state index in [0.29, 0.717) is 5.57 Å². The van der Waals surface area contributed by atoms with Gasteiger partial charge in [0.1, 0.15) is 5.75 Å². The highest BCUT2D eigenvalue weighted by molar-refractivity contribution is 5.90. The van der Waals surface area contributed by atoms with Crippen LogP contribution in [0.25, 0.3) is 11.6 Å². The van der Waals surface area contributed by atoms with E-state index in [1.54, 1.807) is 7.11 Å². The van der Waals surface area contributed by atoms with Gasteiger partial charge in [-0.15, -0.1) is 0 Å². The van der Waals surface area contributed by atoms with Crippen molar-refractivity contribution >= 4 is 28.7 Å². The average molecular weight is 402 g/mol. The normalized spacial score (nSPS) is 10.9. The lowest BCUT2D eigenvalue weighted by atomic mass is 10.0. The Bertz CT molecular complexity index is 1150. The summed E-state index contributed by atoms with van der Waals surface area (Å²) in [6, 6.07) is 38.6. The number of nitrogens with zero attached hydrogens (tertiary/aromatic N) is 2. The summed E-state index contributed by atoms with van der Waals surface area (Å²) < 4.78 is 5.20. The molecule has 150 valence electrons. The fourth-order valence-corrected chi connectivity index (χ4v) is 3.44. The van der Waals surface area contributed by atoms with E-state index in [0.717, 1.165) is 33.9 Å². The van der Waals surface area contributed by atoms with Gasteiger partial charge in [0.15, 0.2) is 0 Å². The summed E-state index contributed by atoms with van der Waals surface area (Å²) in [5.74, 6) is 0.793. The zero-order valence-electron chi connectivity index (χ0n) is 17.3. The van der Waals surface area contributed by atoms with E-state index in [1.165, 1.54) is 0 Å². The second-order valence-electron chi connectivity index (χ2n) is 7.00. The lowest BCUT2D eigenvalue weighted by Gasteiger charge is -2.25. The number of anilines is 3. The summed E-state index contributed by atoms with van der Waals surface area (Å²) in [6.45, 7) is 0. The first-order valence-corrected chi connectivity index (χ1v) is 10.0. The van der Waals surface area contributed by atoms with Gasteiger partial charge < -0.3 is 9.64 Å². The molecule has 0 aromatic heterocycles. The van der Waals surface area contributed by atoms with Gasteiger partial charge in [0.2, 0.25) is 0 Å². The first-order chi connectivity index (χ1) is 15.3. The SMILES string of the molecule is COc1ccc(/C=C(\C#N)c2ccc(N(c3ccccc3)c3ccccc3)cc2)cc1. The predicted molar refractivity (Wildman–Crippen MR) is 128 cm³/mol. The molecule has 3 heteroatoms. The molecule has 0 fully saturated rings. The molecule has 0 bridgehead atoms. The molecule has 0 heterocycles. The lowest BCUT2D eigenvalue weighted by Crippen LogP contribution is -2.09. The Labute approximate surface area is 183 Å². The summed E-state index contributed by atoms with van der Waals surface area (Å²) in [5, 5.41) is 9.72. The van der Waals surface area contributed by atoms with Crippen LogP contribution < -0.4 is 9.64 Å². The molecular formula is C28H22N2O. The fraction of sp³-hybridized carbons (Fsp3) is 0.0357. The maximum Gasteiger partial charge on any atom is 0.118 e. The summed E-state index contributed by atoms with van der Waals surface area (Å²) >= 11 is 0. The molecule has 0 aliphatic carbocycles. The molecule has 0 amide bonds. The summed E-state index contributed by atoms with van der Waals surface area (Å²) in [5.41, 5.74) is 5.64. The Morgan fingerprint density at radius 3 is 1.71 bits per heavy atom. The van der Waals surface area contributed by atoms with E-state index in [4.69, 9.17) is 4.74 Å². The predicted octanol–water partition coefficient (Wildman–Crippen LogP) is 7.23. The first-order valence-electron chi connectivity index (χ1n) is 10.0. The quantitative estimate of drug-likeness (QED) is 0.252. The highest BCUT2D eigenvalue weighted by atomic mass is 16.5. The van der Waals surface area contributed by atoms with Gasteiger partial charge in [-0.05, 0) is 65.7 Å². The van der Waals surface area contributed by atoms with Crippen molar-refractivity contribution in [3.63, 3.8) is 0 Å². The third kappa shape index (κ3) is 4.66. The van der Waals surface area contributed by atoms with Crippen LogP contribution >= 0.6 is 0 Å². The van der Waals surface area contributed by atoms with Crippen LogP contribution in [-0.2, 0) is 0 Å². The van der Waals surface area contributed by atoms with Crippen molar-refractivity contribution in [2.24, 2.45) is 0 Å². The Hall–Kier alpha value is -4.29. The Morgan fingerprint density at radius 1 is 0.710 bits per heavy atom. The molecule has 4 aromatic carbocycles. The van der Waals surface area contributed by atoms with Gasteiger partial charge >= 0.3 is 0 Å². The Kier molecular flexibility index (Phi) is 6.11.